The van der Waals surface area contributed by atoms with E-state index in [9.17, 15) is 10.2 Å². The summed E-state index contributed by atoms with van der Waals surface area (Å²) in [6, 6.07) is 3.77. The van der Waals surface area contributed by atoms with Crippen LogP contribution < -0.4 is 0 Å². The van der Waals surface area contributed by atoms with Gasteiger partial charge in [0.1, 0.15) is 5.75 Å². The first kappa shape index (κ1) is 9.49. The van der Waals surface area contributed by atoms with Gasteiger partial charge < -0.3 is 10.2 Å². The summed E-state index contributed by atoms with van der Waals surface area (Å²) >= 11 is 1.58. The molecule has 0 spiro atoms. The number of hydrogen-bond acceptors (Lipinski definition) is 3. The standard InChI is InChI=1S/C11H12O2S/c1-2-7-9(6-12)8-3-4-14-11(8)5-10(7)13/h3-5,12-13H,2,6H2,1H3. The fourth-order valence-corrected chi connectivity index (χ4v) is 2.63. The van der Waals surface area contributed by atoms with Gasteiger partial charge in [-0.2, -0.15) is 0 Å². The minimum absolute atomic E-state index is 0.00912. The summed E-state index contributed by atoms with van der Waals surface area (Å²) in [6.45, 7) is 1.97. The van der Waals surface area contributed by atoms with E-state index in [2.05, 4.69) is 0 Å². The van der Waals surface area contributed by atoms with Crippen molar-refractivity contribution in [3.8, 4) is 5.75 Å². The molecule has 0 bridgehead atoms. The van der Waals surface area contributed by atoms with Gasteiger partial charge in [-0.15, -0.1) is 11.3 Å². The Balaban J connectivity index is 2.82. The quantitative estimate of drug-likeness (QED) is 0.796. The largest absolute Gasteiger partial charge is 0.508 e. The molecule has 0 unspecified atom stereocenters. The topological polar surface area (TPSA) is 40.5 Å². The molecule has 0 aliphatic rings. The van der Waals surface area contributed by atoms with E-state index in [1.165, 1.54) is 0 Å². The van der Waals surface area contributed by atoms with Crippen LogP contribution in [0.4, 0.5) is 0 Å². The molecule has 1 aromatic carbocycles. The second-order valence-corrected chi connectivity index (χ2v) is 4.14. The number of aromatic hydroxyl groups is 1. The zero-order chi connectivity index (χ0) is 10.1. The van der Waals surface area contributed by atoms with Crippen molar-refractivity contribution >= 4 is 21.4 Å². The fourth-order valence-electron chi connectivity index (χ4n) is 1.79. The van der Waals surface area contributed by atoms with Crippen molar-refractivity contribution in [1.29, 1.82) is 0 Å². The third-order valence-electron chi connectivity index (χ3n) is 2.47. The fraction of sp³-hybridized carbons (Fsp3) is 0.273. The number of benzene rings is 1. The van der Waals surface area contributed by atoms with Crippen molar-refractivity contribution in [2.75, 3.05) is 0 Å². The monoisotopic (exact) mass is 208 g/mol. The number of phenols is 1. The van der Waals surface area contributed by atoms with Crippen LogP contribution in [-0.2, 0) is 13.0 Å². The van der Waals surface area contributed by atoms with Gasteiger partial charge in [0.2, 0.25) is 0 Å². The maximum atomic E-state index is 9.73. The molecule has 0 saturated carbocycles. The van der Waals surface area contributed by atoms with E-state index in [-0.39, 0.29) is 6.61 Å². The van der Waals surface area contributed by atoms with E-state index in [0.717, 1.165) is 27.6 Å². The molecule has 0 amide bonds. The normalized spacial score (nSPS) is 11.0. The average molecular weight is 208 g/mol. The lowest BCUT2D eigenvalue weighted by Crippen LogP contribution is -1.93. The molecule has 14 heavy (non-hydrogen) atoms. The van der Waals surface area contributed by atoms with Crippen molar-refractivity contribution in [2.45, 2.75) is 20.0 Å². The van der Waals surface area contributed by atoms with Crippen LogP contribution in [0.5, 0.6) is 5.75 Å². The highest BCUT2D eigenvalue weighted by atomic mass is 32.1. The lowest BCUT2D eigenvalue weighted by Gasteiger charge is -2.09. The molecule has 74 valence electrons. The highest BCUT2D eigenvalue weighted by Crippen LogP contribution is 2.33. The smallest absolute Gasteiger partial charge is 0.120 e. The number of phenolic OH excluding ortho intramolecular Hbond substituents is 1. The Morgan fingerprint density at radius 1 is 1.36 bits per heavy atom. The van der Waals surface area contributed by atoms with Crippen LogP contribution in [0.15, 0.2) is 17.5 Å². The second-order valence-electron chi connectivity index (χ2n) is 3.20. The number of aliphatic hydroxyl groups is 1. The summed E-state index contributed by atoms with van der Waals surface area (Å²) < 4.78 is 1.03. The van der Waals surface area contributed by atoms with E-state index in [0.29, 0.717) is 5.75 Å². The average Bonchev–Trinajstić information content (AvgIpc) is 2.62. The van der Waals surface area contributed by atoms with Crippen molar-refractivity contribution in [1.82, 2.24) is 0 Å². The van der Waals surface area contributed by atoms with Gasteiger partial charge in [-0.05, 0) is 40.4 Å². The van der Waals surface area contributed by atoms with Crippen LogP contribution in [0, 0.1) is 0 Å². The summed E-state index contributed by atoms with van der Waals surface area (Å²) in [7, 11) is 0. The summed E-state index contributed by atoms with van der Waals surface area (Å²) in [6.07, 6.45) is 0.744. The Kier molecular flexibility index (Phi) is 2.44. The molecule has 2 N–H and O–H groups in total. The summed E-state index contributed by atoms with van der Waals surface area (Å²) in [5.74, 6) is 0.298. The van der Waals surface area contributed by atoms with E-state index in [1.807, 2.05) is 18.4 Å². The van der Waals surface area contributed by atoms with Gasteiger partial charge >= 0.3 is 0 Å². The van der Waals surface area contributed by atoms with E-state index < -0.39 is 0 Å². The van der Waals surface area contributed by atoms with Crippen LogP contribution in [0.3, 0.4) is 0 Å². The zero-order valence-corrected chi connectivity index (χ0v) is 8.77. The van der Waals surface area contributed by atoms with E-state index >= 15 is 0 Å². The Bertz CT molecular complexity index is 460. The van der Waals surface area contributed by atoms with Crippen LogP contribution >= 0.6 is 11.3 Å². The molecule has 0 aliphatic heterocycles. The first-order chi connectivity index (χ1) is 6.77. The number of hydrogen-bond donors (Lipinski definition) is 2. The molecular formula is C11H12O2S. The van der Waals surface area contributed by atoms with E-state index in [1.54, 1.807) is 17.4 Å². The van der Waals surface area contributed by atoms with Gasteiger partial charge in [-0.25, -0.2) is 0 Å². The van der Waals surface area contributed by atoms with Gasteiger partial charge in [0, 0.05) is 4.70 Å². The predicted molar refractivity (Wildman–Crippen MR) is 58.8 cm³/mol. The predicted octanol–water partition coefficient (Wildman–Crippen LogP) is 2.66. The Hall–Kier alpha value is -1.06. The summed E-state index contributed by atoms with van der Waals surface area (Å²) in [4.78, 5) is 0. The molecule has 0 atom stereocenters. The minimum Gasteiger partial charge on any atom is -0.508 e. The second kappa shape index (κ2) is 3.59. The Labute approximate surface area is 86.4 Å². The number of rotatable bonds is 2. The molecular weight excluding hydrogens is 196 g/mol. The molecule has 3 heteroatoms. The lowest BCUT2D eigenvalue weighted by molar-refractivity contribution is 0.281. The van der Waals surface area contributed by atoms with Gasteiger partial charge in [0.25, 0.3) is 0 Å². The SMILES string of the molecule is CCc1c(O)cc2sccc2c1CO. The van der Waals surface area contributed by atoms with Crippen LogP contribution in [0.2, 0.25) is 0 Å². The first-order valence-corrected chi connectivity index (χ1v) is 5.47. The van der Waals surface area contributed by atoms with Gasteiger partial charge in [0.05, 0.1) is 6.61 Å². The lowest BCUT2D eigenvalue weighted by atomic mass is 10.0. The van der Waals surface area contributed by atoms with Crippen LogP contribution in [0.1, 0.15) is 18.1 Å². The molecule has 2 nitrogen and oxygen atoms in total. The van der Waals surface area contributed by atoms with Crippen molar-refractivity contribution in [3.63, 3.8) is 0 Å². The van der Waals surface area contributed by atoms with Crippen LogP contribution in [-0.4, -0.2) is 10.2 Å². The summed E-state index contributed by atoms with van der Waals surface area (Å²) in [5.41, 5.74) is 1.72. The third kappa shape index (κ3) is 1.29. The molecule has 2 rings (SSSR count). The maximum absolute atomic E-state index is 9.73. The van der Waals surface area contributed by atoms with Gasteiger partial charge in [-0.3, -0.25) is 0 Å². The maximum Gasteiger partial charge on any atom is 0.120 e. The molecule has 1 aromatic heterocycles. The summed E-state index contributed by atoms with van der Waals surface area (Å²) in [5, 5.41) is 22.1. The highest BCUT2D eigenvalue weighted by Gasteiger charge is 2.11. The molecule has 0 fully saturated rings. The first-order valence-electron chi connectivity index (χ1n) is 4.59. The highest BCUT2D eigenvalue weighted by molar-refractivity contribution is 7.17. The molecule has 0 saturated heterocycles. The number of aliphatic hydroxyl groups excluding tert-OH is 1. The molecule has 2 aromatic rings. The Morgan fingerprint density at radius 3 is 2.79 bits per heavy atom. The van der Waals surface area contributed by atoms with Gasteiger partial charge in [-0.1, -0.05) is 6.92 Å². The molecule has 0 aliphatic carbocycles. The molecule has 0 radical (unpaired) electrons. The van der Waals surface area contributed by atoms with Crippen molar-refractivity contribution in [3.05, 3.63) is 28.6 Å². The van der Waals surface area contributed by atoms with Crippen molar-refractivity contribution < 1.29 is 10.2 Å². The zero-order valence-electron chi connectivity index (χ0n) is 7.95. The Morgan fingerprint density at radius 2 is 2.14 bits per heavy atom. The molecule has 1 heterocycles. The number of fused-ring (bicyclic) bond motifs is 1. The number of thiophene rings is 1. The van der Waals surface area contributed by atoms with Crippen LogP contribution in [0.25, 0.3) is 10.1 Å². The third-order valence-corrected chi connectivity index (χ3v) is 3.34. The van der Waals surface area contributed by atoms with Crippen molar-refractivity contribution in [2.24, 2.45) is 0 Å². The van der Waals surface area contributed by atoms with E-state index in [4.69, 9.17) is 0 Å². The minimum atomic E-state index is -0.00912. The van der Waals surface area contributed by atoms with Gasteiger partial charge in [0.15, 0.2) is 0 Å².